The van der Waals surface area contributed by atoms with Gasteiger partial charge in [-0.25, -0.2) is 0 Å². The second-order valence-electron chi connectivity index (χ2n) is 3.93. The van der Waals surface area contributed by atoms with Gasteiger partial charge < -0.3 is 10.3 Å². The number of nitrogens with zero attached hydrogens (tertiary/aromatic N) is 1. The molecule has 0 heterocycles. The van der Waals surface area contributed by atoms with E-state index in [1.807, 2.05) is 13.8 Å². The van der Waals surface area contributed by atoms with Crippen LogP contribution >= 0.6 is 0 Å². The van der Waals surface area contributed by atoms with E-state index < -0.39 is 11.9 Å². The maximum Gasteiger partial charge on any atom is 0.307 e. The Kier molecular flexibility index (Phi) is 2.08. The van der Waals surface area contributed by atoms with Gasteiger partial charge in [-0.3, -0.25) is 4.79 Å². The molecule has 1 rings (SSSR count). The third-order valence-electron chi connectivity index (χ3n) is 2.48. The predicted molar refractivity (Wildman–Crippen MR) is 43.4 cm³/mol. The topological polar surface area (TPSA) is 69.9 Å². The SMILES string of the molecule is CC1(C)C/C(=N/O)CC1C(=O)O. The van der Waals surface area contributed by atoms with E-state index in [1.165, 1.54) is 0 Å². The first-order chi connectivity index (χ1) is 5.47. The van der Waals surface area contributed by atoms with E-state index in [1.54, 1.807) is 0 Å². The molecule has 4 nitrogen and oxygen atoms in total. The Labute approximate surface area is 70.9 Å². The summed E-state index contributed by atoms with van der Waals surface area (Å²) in [6.07, 6.45) is 0.944. The fourth-order valence-corrected chi connectivity index (χ4v) is 1.73. The average Bonchev–Trinajstić information content (AvgIpc) is 2.25. The van der Waals surface area contributed by atoms with Crippen LogP contribution in [0.5, 0.6) is 0 Å². The lowest BCUT2D eigenvalue weighted by molar-refractivity contribution is -0.144. The van der Waals surface area contributed by atoms with Crippen LogP contribution in [0.1, 0.15) is 26.7 Å². The Morgan fingerprint density at radius 2 is 2.25 bits per heavy atom. The van der Waals surface area contributed by atoms with Gasteiger partial charge in [0, 0.05) is 6.42 Å². The summed E-state index contributed by atoms with van der Waals surface area (Å²) in [6.45, 7) is 3.76. The third kappa shape index (κ3) is 1.42. The molecule has 1 aliphatic rings. The number of carboxylic acid groups (broad SMARTS) is 1. The molecule has 0 amide bonds. The third-order valence-corrected chi connectivity index (χ3v) is 2.48. The molecule has 0 aromatic rings. The van der Waals surface area contributed by atoms with Gasteiger partial charge in [0.05, 0.1) is 11.6 Å². The maximum atomic E-state index is 10.7. The van der Waals surface area contributed by atoms with Gasteiger partial charge in [0.15, 0.2) is 0 Å². The Bertz CT molecular complexity index is 232. The number of oxime groups is 1. The van der Waals surface area contributed by atoms with E-state index in [0.29, 0.717) is 18.6 Å². The van der Waals surface area contributed by atoms with Crippen molar-refractivity contribution in [1.29, 1.82) is 0 Å². The minimum absolute atomic E-state index is 0.284. The Hall–Kier alpha value is -1.06. The molecule has 0 aromatic carbocycles. The quantitative estimate of drug-likeness (QED) is 0.462. The number of carboxylic acids is 1. The smallest absolute Gasteiger partial charge is 0.307 e. The van der Waals surface area contributed by atoms with E-state index in [9.17, 15) is 4.79 Å². The standard InChI is InChI=1S/C8H13NO3/c1-8(2)4-5(9-12)3-6(8)7(10)11/h6,12H,3-4H2,1-2H3,(H,10,11)/b9-5+. The first-order valence-electron chi connectivity index (χ1n) is 3.90. The maximum absolute atomic E-state index is 10.7. The molecule has 1 atom stereocenters. The van der Waals surface area contributed by atoms with Gasteiger partial charge in [-0.2, -0.15) is 0 Å². The molecule has 0 bridgehead atoms. The second-order valence-corrected chi connectivity index (χ2v) is 3.93. The van der Waals surface area contributed by atoms with Crippen LogP contribution in [-0.4, -0.2) is 22.0 Å². The number of aliphatic carboxylic acids is 1. The van der Waals surface area contributed by atoms with Gasteiger partial charge in [0.25, 0.3) is 0 Å². The number of carbonyl (C=O) groups is 1. The largest absolute Gasteiger partial charge is 0.481 e. The molecule has 12 heavy (non-hydrogen) atoms. The second kappa shape index (κ2) is 2.77. The van der Waals surface area contributed by atoms with Crippen molar-refractivity contribution < 1.29 is 15.1 Å². The van der Waals surface area contributed by atoms with Crippen LogP contribution in [0, 0.1) is 11.3 Å². The molecule has 0 radical (unpaired) electrons. The highest BCUT2D eigenvalue weighted by Gasteiger charge is 2.43. The van der Waals surface area contributed by atoms with E-state index in [2.05, 4.69) is 5.16 Å². The number of hydrogen-bond donors (Lipinski definition) is 2. The molecule has 68 valence electrons. The molecule has 4 heteroatoms. The van der Waals surface area contributed by atoms with Crippen molar-refractivity contribution in [3.8, 4) is 0 Å². The number of hydrogen-bond acceptors (Lipinski definition) is 3. The van der Waals surface area contributed by atoms with Crippen molar-refractivity contribution in [2.75, 3.05) is 0 Å². The van der Waals surface area contributed by atoms with Crippen molar-refractivity contribution >= 4 is 11.7 Å². The van der Waals surface area contributed by atoms with Crippen LogP contribution in [0.3, 0.4) is 0 Å². The van der Waals surface area contributed by atoms with Crippen molar-refractivity contribution in [2.45, 2.75) is 26.7 Å². The zero-order chi connectivity index (χ0) is 9.35. The Morgan fingerprint density at radius 3 is 2.50 bits per heavy atom. The van der Waals surface area contributed by atoms with Crippen molar-refractivity contribution in [3.05, 3.63) is 0 Å². The van der Waals surface area contributed by atoms with Crippen LogP contribution < -0.4 is 0 Å². The van der Waals surface area contributed by atoms with E-state index >= 15 is 0 Å². The van der Waals surface area contributed by atoms with Crippen LogP contribution in [0.4, 0.5) is 0 Å². The van der Waals surface area contributed by atoms with Crippen molar-refractivity contribution in [3.63, 3.8) is 0 Å². The zero-order valence-electron chi connectivity index (χ0n) is 7.24. The predicted octanol–water partition coefficient (Wildman–Crippen LogP) is 1.34. The van der Waals surface area contributed by atoms with Gasteiger partial charge in [-0.05, 0) is 11.8 Å². The van der Waals surface area contributed by atoms with Crippen LogP contribution in [0.25, 0.3) is 0 Å². The highest BCUT2D eigenvalue weighted by Crippen LogP contribution is 2.41. The molecule has 0 saturated heterocycles. The molecule has 0 aliphatic heterocycles. The monoisotopic (exact) mass is 171 g/mol. The zero-order valence-corrected chi connectivity index (χ0v) is 7.24. The van der Waals surface area contributed by atoms with Crippen LogP contribution in [0.15, 0.2) is 5.16 Å². The van der Waals surface area contributed by atoms with Gasteiger partial charge >= 0.3 is 5.97 Å². The van der Waals surface area contributed by atoms with Gasteiger partial charge in [0.2, 0.25) is 0 Å². The summed E-state index contributed by atoms with van der Waals surface area (Å²) >= 11 is 0. The van der Waals surface area contributed by atoms with Gasteiger partial charge in [0.1, 0.15) is 0 Å². The first-order valence-corrected chi connectivity index (χ1v) is 3.90. The summed E-state index contributed by atoms with van der Waals surface area (Å²) in [5.74, 6) is -1.22. The summed E-state index contributed by atoms with van der Waals surface area (Å²) < 4.78 is 0. The van der Waals surface area contributed by atoms with Crippen LogP contribution in [0.2, 0.25) is 0 Å². The minimum atomic E-state index is -0.807. The summed E-state index contributed by atoms with van der Waals surface area (Å²) in [5.41, 5.74) is 0.306. The van der Waals surface area contributed by atoms with E-state index in [4.69, 9.17) is 10.3 Å². The van der Waals surface area contributed by atoms with E-state index in [0.717, 1.165) is 0 Å². The normalized spacial score (nSPS) is 30.8. The summed E-state index contributed by atoms with van der Waals surface area (Å²) in [4.78, 5) is 10.7. The van der Waals surface area contributed by atoms with Crippen molar-refractivity contribution in [2.24, 2.45) is 16.5 Å². The Morgan fingerprint density at radius 1 is 1.67 bits per heavy atom. The minimum Gasteiger partial charge on any atom is -0.481 e. The summed E-state index contributed by atoms with van der Waals surface area (Å²) in [7, 11) is 0. The molecular weight excluding hydrogens is 158 g/mol. The summed E-state index contributed by atoms with van der Waals surface area (Å²) in [6, 6.07) is 0. The fourth-order valence-electron chi connectivity index (χ4n) is 1.73. The highest BCUT2D eigenvalue weighted by atomic mass is 16.4. The first kappa shape index (κ1) is 9.03. The molecule has 0 aromatic heterocycles. The van der Waals surface area contributed by atoms with E-state index in [-0.39, 0.29) is 5.41 Å². The highest BCUT2D eigenvalue weighted by molar-refractivity contribution is 5.92. The van der Waals surface area contributed by atoms with Gasteiger partial charge in [-0.15, -0.1) is 0 Å². The van der Waals surface area contributed by atoms with Crippen LogP contribution in [-0.2, 0) is 4.79 Å². The molecular formula is C8H13NO3. The lowest BCUT2D eigenvalue weighted by atomic mass is 9.82. The van der Waals surface area contributed by atoms with Gasteiger partial charge in [-0.1, -0.05) is 19.0 Å². The number of rotatable bonds is 1. The molecule has 1 fully saturated rings. The Balaban J connectivity index is 2.84. The molecule has 1 unspecified atom stereocenters. The fraction of sp³-hybridized carbons (Fsp3) is 0.750. The summed E-state index contributed by atoms with van der Waals surface area (Å²) in [5, 5.41) is 20.4. The van der Waals surface area contributed by atoms with Crippen molar-refractivity contribution in [1.82, 2.24) is 0 Å². The molecule has 2 N–H and O–H groups in total. The molecule has 0 spiro atoms. The molecule has 1 aliphatic carbocycles. The average molecular weight is 171 g/mol. The molecule has 1 saturated carbocycles. The lowest BCUT2D eigenvalue weighted by Gasteiger charge is -2.21. The lowest BCUT2D eigenvalue weighted by Crippen LogP contribution is -2.25.